The van der Waals surface area contributed by atoms with Crippen LogP contribution in [0.4, 0.5) is 5.69 Å². The summed E-state index contributed by atoms with van der Waals surface area (Å²) in [4.78, 5) is 0. The monoisotopic (exact) mass is 258 g/mol. The van der Waals surface area contributed by atoms with Crippen LogP contribution in [0.25, 0.3) is 0 Å². The smallest absolute Gasteiger partial charge is 0.0674 e. The fourth-order valence-electron chi connectivity index (χ4n) is 2.32. The molecule has 0 amide bonds. The standard InChI is InChI=1S/C15H22N4/c1-4-14-13(10-19(3)18-14)15(9-16)17-12-7-5-6-11(2)8-12/h5-8,10,15,17H,4,9,16H2,1-3H3. The van der Waals surface area contributed by atoms with E-state index in [-0.39, 0.29) is 6.04 Å². The highest BCUT2D eigenvalue weighted by Gasteiger charge is 2.16. The lowest BCUT2D eigenvalue weighted by molar-refractivity contribution is 0.746. The largest absolute Gasteiger partial charge is 0.377 e. The highest BCUT2D eigenvalue weighted by atomic mass is 15.3. The first kappa shape index (κ1) is 13.6. The van der Waals surface area contributed by atoms with Crippen LogP contribution in [0.1, 0.15) is 29.8 Å². The van der Waals surface area contributed by atoms with Crippen molar-refractivity contribution in [2.75, 3.05) is 11.9 Å². The van der Waals surface area contributed by atoms with E-state index in [0.29, 0.717) is 6.54 Å². The maximum absolute atomic E-state index is 5.92. The first-order valence-electron chi connectivity index (χ1n) is 6.69. The lowest BCUT2D eigenvalue weighted by Gasteiger charge is -2.18. The second-order valence-corrected chi connectivity index (χ2v) is 4.86. The highest BCUT2D eigenvalue weighted by molar-refractivity contribution is 5.48. The zero-order valence-corrected chi connectivity index (χ0v) is 11.9. The molecule has 1 atom stereocenters. The number of anilines is 1. The minimum Gasteiger partial charge on any atom is -0.377 e. The molecule has 1 heterocycles. The molecule has 0 saturated heterocycles. The number of aromatic nitrogens is 2. The van der Waals surface area contributed by atoms with Crippen molar-refractivity contribution in [2.45, 2.75) is 26.3 Å². The Labute approximate surface area is 114 Å². The number of nitrogens with two attached hydrogens (primary N) is 1. The average Bonchev–Trinajstić information content (AvgIpc) is 2.77. The van der Waals surface area contributed by atoms with Gasteiger partial charge in [-0.25, -0.2) is 0 Å². The van der Waals surface area contributed by atoms with Crippen LogP contribution in [0.15, 0.2) is 30.5 Å². The molecule has 2 aromatic rings. The second kappa shape index (κ2) is 5.89. The van der Waals surface area contributed by atoms with E-state index < -0.39 is 0 Å². The predicted molar refractivity (Wildman–Crippen MR) is 79.2 cm³/mol. The Morgan fingerprint density at radius 1 is 1.42 bits per heavy atom. The molecule has 0 fully saturated rings. The SMILES string of the molecule is CCc1nn(C)cc1C(CN)Nc1cccc(C)c1. The Bertz CT molecular complexity index is 545. The van der Waals surface area contributed by atoms with E-state index in [1.807, 2.05) is 11.7 Å². The number of hydrogen-bond donors (Lipinski definition) is 2. The van der Waals surface area contributed by atoms with E-state index in [1.54, 1.807) is 0 Å². The lowest BCUT2D eigenvalue weighted by Crippen LogP contribution is -2.21. The third-order valence-corrected chi connectivity index (χ3v) is 3.24. The van der Waals surface area contributed by atoms with Gasteiger partial charge in [0.05, 0.1) is 11.7 Å². The molecule has 1 aromatic carbocycles. The quantitative estimate of drug-likeness (QED) is 0.866. The fourth-order valence-corrected chi connectivity index (χ4v) is 2.32. The van der Waals surface area contributed by atoms with Crippen LogP contribution in [0.2, 0.25) is 0 Å². The average molecular weight is 258 g/mol. The van der Waals surface area contributed by atoms with Gasteiger partial charge in [0.15, 0.2) is 0 Å². The Hall–Kier alpha value is -1.81. The molecule has 4 heteroatoms. The zero-order chi connectivity index (χ0) is 13.8. The van der Waals surface area contributed by atoms with Crippen molar-refractivity contribution in [3.05, 3.63) is 47.3 Å². The Morgan fingerprint density at radius 2 is 2.21 bits per heavy atom. The number of aryl methyl sites for hydroxylation is 3. The van der Waals surface area contributed by atoms with Crippen molar-refractivity contribution >= 4 is 5.69 Å². The fraction of sp³-hybridized carbons (Fsp3) is 0.400. The molecule has 0 aliphatic carbocycles. The number of nitrogens with one attached hydrogen (secondary N) is 1. The first-order valence-corrected chi connectivity index (χ1v) is 6.69. The summed E-state index contributed by atoms with van der Waals surface area (Å²) >= 11 is 0. The van der Waals surface area contributed by atoms with E-state index in [4.69, 9.17) is 5.73 Å². The van der Waals surface area contributed by atoms with Crippen molar-refractivity contribution in [2.24, 2.45) is 12.8 Å². The van der Waals surface area contributed by atoms with E-state index in [1.165, 1.54) is 11.1 Å². The molecule has 4 nitrogen and oxygen atoms in total. The van der Waals surface area contributed by atoms with Crippen molar-refractivity contribution in [3.63, 3.8) is 0 Å². The molecular formula is C15H22N4. The first-order chi connectivity index (χ1) is 9.13. The van der Waals surface area contributed by atoms with Crippen LogP contribution >= 0.6 is 0 Å². The summed E-state index contributed by atoms with van der Waals surface area (Å²) in [5.74, 6) is 0. The number of nitrogens with zero attached hydrogens (tertiary/aromatic N) is 2. The van der Waals surface area contributed by atoms with Gasteiger partial charge in [-0.3, -0.25) is 4.68 Å². The van der Waals surface area contributed by atoms with Gasteiger partial charge in [-0.05, 0) is 31.0 Å². The Morgan fingerprint density at radius 3 is 2.84 bits per heavy atom. The second-order valence-electron chi connectivity index (χ2n) is 4.86. The van der Waals surface area contributed by atoms with E-state index in [9.17, 15) is 0 Å². The summed E-state index contributed by atoms with van der Waals surface area (Å²) in [7, 11) is 1.95. The van der Waals surface area contributed by atoms with Crippen molar-refractivity contribution in [1.82, 2.24) is 9.78 Å². The summed E-state index contributed by atoms with van der Waals surface area (Å²) < 4.78 is 1.86. The maximum Gasteiger partial charge on any atom is 0.0674 e. The van der Waals surface area contributed by atoms with Crippen molar-refractivity contribution < 1.29 is 0 Å². The van der Waals surface area contributed by atoms with Gasteiger partial charge in [-0.1, -0.05) is 19.1 Å². The van der Waals surface area contributed by atoms with Crippen LogP contribution in [0, 0.1) is 6.92 Å². The maximum atomic E-state index is 5.92. The minimum atomic E-state index is 0.102. The van der Waals surface area contributed by atoms with Gasteiger partial charge in [0, 0.05) is 31.0 Å². The number of benzene rings is 1. The molecule has 0 aliphatic rings. The van der Waals surface area contributed by atoms with Crippen LogP contribution < -0.4 is 11.1 Å². The molecule has 0 radical (unpaired) electrons. The Kier molecular flexibility index (Phi) is 4.22. The Balaban J connectivity index is 2.24. The molecule has 19 heavy (non-hydrogen) atoms. The third kappa shape index (κ3) is 3.15. The van der Waals surface area contributed by atoms with Crippen LogP contribution in [0.3, 0.4) is 0 Å². The summed E-state index contributed by atoms with van der Waals surface area (Å²) in [5, 5.41) is 7.97. The molecule has 0 spiro atoms. The van der Waals surface area contributed by atoms with Gasteiger partial charge in [0.2, 0.25) is 0 Å². The van der Waals surface area contributed by atoms with Crippen LogP contribution in [-0.4, -0.2) is 16.3 Å². The lowest BCUT2D eigenvalue weighted by atomic mass is 10.1. The summed E-state index contributed by atoms with van der Waals surface area (Å²) in [6.45, 7) is 4.75. The van der Waals surface area contributed by atoms with E-state index in [2.05, 4.69) is 54.7 Å². The number of hydrogen-bond acceptors (Lipinski definition) is 3. The van der Waals surface area contributed by atoms with Gasteiger partial charge in [-0.15, -0.1) is 0 Å². The summed E-state index contributed by atoms with van der Waals surface area (Å²) in [6.07, 6.45) is 2.97. The van der Waals surface area contributed by atoms with Crippen molar-refractivity contribution in [3.8, 4) is 0 Å². The molecule has 1 unspecified atom stereocenters. The third-order valence-electron chi connectivity index (χ3n) is 3.24. The van der Waals surface area contributed by atoms with Gasteiger partial charge >= 0.3 is 0 Å². The molecule has 102 valence electrons. The van der Waals surface area contributed by atoms with Crippen LogP contribution in [-0.2, 0) is 13.5 Å². The molecule has 3 N–H and O–H groups in total. The van der Waals surface area contributed by atoms with Gasteiger partial charge in [-0.2, -0.15) is 5.10 Å². The predicted octanol–water partition coefficient (Wildman–Crippen LogP) is 2.40. The molecule has 0 bridgehead atoms. The normalized spacial score (nSPS) is 12.4. The van der Waals surface area contributed by atoms with Gasteiger partial charge in [0.25, 0.3) is 0 Å². The van der Waals surface area contributed by atoms with Gasteiger partial charge < -0.3 is 11.1 Å². The topological polar surface area (TPSA) is 55.9 Å². The summed E-state index contributed by atoms with van der Waals surface area (Å²) in [5.41, 5.74) is 10.6. The van der Waals surface area contributed by atoms with E-state index >= 15 is 0 Å². The highest BCUT2D eigenvalue weighted by Crippen LogP contribution is 2.22. The number of rotatable bonds is 5. The minimum absolute atomic E-state index is 0.102. The molecule has 1 aromatic heterocycles. The van der Waals surface area contributed by atoms with Gasteiger partial charge in [0.1, 0.15) is 0 Å². The summed E-state index contributed by atoms with van der Waals surface area (Å²) in [6, 6.07) is 8.44. The molecule has 0 aliphatic heterocycles. The van der Waals surface area contributed by atoms with E-state index in [0.717, 1.165) is 17.8 Å². The molecule has 2 rings (SSSR count). The van der Waals surface area contributed by atoms with Crippen molar-refractivity contribution in [1.29, 1.82) is 0 Å². The zero-order valence-electron chi connectivity index (χ0n) is 11.9. The molecular weight excluding hydrogens is 236 g/mol. The van der Waals surface area contributed by atoms with Crippen LogP contribution in [0.5, 0.6) is 0 Å². The molecule has 0 saturated carbocycles.